The van der Waals surface area contributed by atoms with Crippen LogP contribution in [0.15, 0.2) is 60.7 Å². The minimum absolute atomic E-state index is 0.153. The molecule has 26 heavy (non-hydrogen) atoms. The average molecular weight is 369 g/mol. The SMILES string of the molecule is NC(=O)c1ccc2ccc(C(=O)N(O)CCc3ccc(Cl)cc3)cc2c1. The van der Waals surface area contributed by atoms with Crippen molar-refractivity contribution < 1.29 is 14.8 Å². The molecule has 0 fully saturated rings. The zero-order valence-electron chi connectivity index (χ0n) is 13.9. The molecular weight excluding hydrogens is 352 g/mol. The molecule has 0 spiro atoms. The number of carbonyl (C=O) groups is 2. The summed E-state index contributed by atoms with van der Waals surface area (Å²) in [5.74, 6) is -1.04. The van der Waals surface area contributed by atoms with Gasteiger partial charge in [-0.05, 0) is 59.2 Å². The van der Waals surface area contributed by atoms with Crippen LogP contribution in [0.1, 0.15) is 26.3 Å². The number of hydrogen-bond donors (Lipinski definition) is 2. The van der Waals surface area contributed by atoms with Gasteiger partial charge in [-0.1, -0.05) is 35.9 Å². The van der Waals surface area contributed by atoms with Gasteiger partial charge in [0.2, 0.25) is 5.91 Å². The van der Waals surface area contributed by atoms with E-state index in [9.17, 15) is 14.8 Å². The van der Waals surface area contributed by atoms with E-state index in [1.165, 1.54) is 0 Å². The number of rotatable bonds is 5. The fourth-order valence-corrected chi connectivity index (χ4v) is 2.80. The molecule has 2 amide bonds. The predicted octanol–water partition coefficient (Wildman–Crippen LogP) is 3.67. The highest BCUT2D eigenvalue weighted by molar-refractivity contribution is 6.30. The first kappa shape index (κ1) is 17.9. The van der Waals surface area contributed by atoms with Gasteiger partial charge in [0, 0.05) is 16.1 Å². The van der Waals surface area contributed by atoms with Crippen molar-refractivity contribution in [2.45, 2.75) is 6.42 Å². The van der Waals surface area contributed by atoms with Gasteiger partial charge in [-0.2, -0.15) is 0 Å². The Morgan fingerprint density at radius 2 is 1.54 bits per heavy atom. The number of hydroxylamine groups is 2. The Balaban J connectivity index is 1.75. The number of primary amides is 1. The Hall–Kier alpha value is -2.89. The van der Waals surface area contributed by atoms with Crippen molar-refractivity contribution in [1.29, 1.82) is 0 Å². The Morgan fingerprint density at radius 1 is 0.923 bits per heavy atom. The van der Waals surface area contributed by atoms with E-state index in [-0.39, 0.29) is 6.54 Å². The fourth-order valence-electron chi connectivity index (χ4n) is 2.67. The molecule has 3 rings (SSSR count). The standard InChI is InChI=1S/C20H17ClN2O3/c21-18-7-1-13(2-8-18)9-10-23(26)20(25)16-6-4-14-3-5-15(19(22)24)11-17(14)12-16/h1-8,11-12,26H,9-10H2,(H2,22,24). The smallest absolute Gasteiger partial charge is 0.277 e. The van der Waals surface area contributed by atoms with Gasteiger partial charge in [0.1, 0.15) is 0 Å². The number of benzene rings is 3. The van der Waals surface area contributed by atoms with Crippen LogP contribution in [0.2, 0.25) is 5.02 Å². The van der Waals surface area contributed by atoms with Gasteiger partial charge in [-0.25, -0.2) is 5.06 Å². The summed E-state index contributed by atoms with van der Waals surface area (Å²) in [6.07, 6.45) is 0.499. The summed E-state index contributed by atoms with van der Waals surface area (Å²) in [5.41, 5.74) is 6.95. The van der Waals surface area contributed by atoms with Crippen LogP contribution in [0.4, 0.5) is 0 Å². The highest BCUT2D eigenvalue weighted by Gasteiger charge is 2.14. The second-order valence-electron chi connectivity index (χ2n) is 5.95. The third-order valence-corrected chi connectivity index (χ3v) is 4.38. The molecule has 0 atom stereocenters. The van der Waals surface area contributed by atoms with Gasteiger partial charge in [0.25, 0.3) is 5.91 Å². The molecule has 0 aliphatic rings. The molecule has 0 radical (unpaired) electrons. The molecule has 3 N–H and O–H groups in total. The molecule has 0 aliphatic heterocycles. The van der Waals surface area contributed by atoms with Crippen LogP contribution in [0.5, 0.6) is 0 Å². The van der Waals surface area contributed by atoms with Gasteiger partial charge in [0.15, 0.2) is 0 Å². The highest BCUT2D eigenvalue weighted by Crippen LogP contribution is 2.19. The molecule has 0 aliphatic carbocycles. The minimum Gasteiger partial charge on any atom is -0.366 e. The van der Waals surface area contributed by atoms with Crippen molar-refractivity contribution in [2.24, 2.45) is 5.73 Å². The Morgan fingerprint density at radius 3 is 2.19 bits per heavy atom. The largest absolute Gasteiger partial charge is 0.366 e. The molecule has 0 saturated heterocycles. The van der Waals surface area contributed by atoms with Gasteiger partial charge in [-0.15, -0.1) is 0 Å². The zero-order valence-corrected chi connectivity index (χ0v) is 14.6. The van der Waals surface area contributed by atoms with Gasteiger partial charge in [0.05, 0.1) is 6.54 Å². The second-order valence-corrected chi connectivity index (χ2v) is 6.38. The van der Waals surface area contributed by atoms with Crippen LogP contribution in [-0.2, 0) is 6.42 Å². The Kier molecular flexibility index (Phi) is 5.21. The third-order valence-electron chi connectivity index (χ3n) is 4.13. The number of nitrogens with zero attached hydrogens (tertiary/aromatic N) is 1. The number of hydrogen-bond acceptors (Lipinski definition) is 3. The van der Waals surface area contributed by atoms with Crippen molar-refractivity contribution in [2.75, 3.05) is 6.54 Å². The van der Waals surface area contributed by atoms with Crippen LogP contribution in [0.25, 0.3) is 10.8 Å². The maximum atomic E-state index is 12.4. The number of fused-ring (bicyclic) bond motifs is 1. The van der Waals surface area contributed by atoms with Gasteiger partial charge < -0.3 is 5.73 Å². The van der Waals surface area contributed by atoms with Crippen molar-refractivity contribution in [3.05, 3.63) is 82.4 Å². The average Bonchev–Trinajstić information content (AvgIpc) is 2.65. The number of amides is 2. The van der Waals surface area contributed by atoms with Crippen molar-refractivity contribution in [3.8, 4) is 0 Å². The van der Waals surface area contributed by atoms with Gasteiger partial charge >= 0.3 is 0 Å². The number of carbonyl (C=O) groups excluding carboxylic acids is 2. The molecule has 0 saturated carbocycles. The second kappa shape index (κ2) is 7.56. The van der Waals surface area contributed by atoms with Crippen molar-refractivity contribution >= 4 is 34.2 Å². The summed E-state index contributed by atoms with van der Waals surface area (Å²) in [7, 11) is 0. The third kappa shape index (κ3) is 4.02. The Labute approximate surface area is 155 Å². The highest BCUT2D eigenvalue weighted by atomic mass is 35.5. The molecule has 0 bridgehead atoms. The predicted molar refractivity (Wildman–Crippen MR) is 100 cm³/mol. The normalized spacial score (nSPS) is 10.7. The van der Waals surface area contributed by atoms with Crippen LogP contribution >= 0.6 is 11.6 Å². The molecule has 0 heterocycles. The van der Waals surface area contributed by atoms with E-state index < -0.39 is 11.8 Å². The molecule has 5 nitrogen and oxygen atoms in total. The summed E-state index contributed by atoms with van der Waals surface area (Å²) < 4.78 is 0. The molecule has 0 unspecified atom stereocenters. The molecule has 3 aromatic rings. The van der Waals surface area contributed by atoms with Crippen molar-refractivity contribution in [1.82, 2.24) is 5.06 Å². The summed E-state index contributed by atoms with van der Waals surface area (Å²) in [4.78, 5) is 23.8. The molecular formula is C20H17ClN2O3. The quantitative estimate of drug-likeness (QED) is 0.532. The van der Waals surface area contributed by atoms with Crippen molar-refractivity contribution in [3.63, 3.8) is 0 Å². The van der Waals surface area contributed by atoms with E-state index in [1.807, 2.05) is 12.1 Å². The molecule has 132 valence electrons. The van der Waals surface area contributed by atoms with E-state index >= 15 is 0 Å². The summed E-state index contributed by atoms with van der Waals surface area (Å²) >= 11 is 5.84. The fraction of sp³-hybridized carbons (Fsp3) is 0.100. The van der Waals surface area contributed by atoms with Crippen LogP contribution in [-0.4, -0.2) is 28.6 Å². The molecule has 6 heteroatoms. The van der Waals surface area contributed by atoms with Gasteiger partial charge in [-0.3, -0.25) is 14.8 Å². The minimum atomic E-state index is -0.532. The van der Waals surface area contributed by atoms with E-state index in [1.54, 1.807) is 48.5 Å². The lowest BCUT2D eigenvalue weighted by atomic mass is 10.0. The summed E-state index contributed by atoms with van der Waals surface area (Å²) in [5, 5.41) is 13.0. The maximum absolute atomic E-state index is 12.4. The van der Waals surface area contributed by atoms with Crippen LogP contribution in [0, 0.1) is 0 Å². The van der Waals surface area contributed by atoms with Crippen LogP contribution < -0.4 is 5.73 Å². The maximum Gasteiger partial charge on any atom is 0.277 e. The first-order chi connectivity index (χ1) is 12.4. The molecule has 3 aromatic carbocycles. The first-order valence-electron chi connectivity index (χ1n) is 8.03. The van der Waals surface area contributed by atoms with E-state index in [0.29, 0.717) is 33.0 Å². The lowest BCUT2D eigenvalue weighted by molar-refractivity contribution is -0.0571. The first-order valence-corrected chi connectivity index (χ1v) is 8.40. The zero-order chi connectivity index (χ0) is 18.7. The number of nitrogens with two attached hydrogens (primary N) is 1. The van der Waals surface area contributed by atoms with Crippen LogP contribution in [0.3, 0.4) is 0 Å². The lowest BCUT2D eigenvalue weighted by Crippen LogP contribution is -2.29. The van der Waals surface area contributed by atoms with E-state index in [0.717, 1.165) is 10.9 Å². The molecule has 0 aromatic heterocycles. The monoisotopic (exact) mass is 368 g/mol. The summed E-state index contributed by atoms with van der Waals surface area (Å²) in [6.45, 7) is 0.153. The lowest BCUT2D eigenvalue weighted by Gasteiger charge is -2.15. The van der Waals surface area contributed by atoms with E-state index in [2.05, 4.69) is 0 Å². The summed E-state index contributed by atoms with van der Waals surface area (Å²) in [6, 6.07) is 17.3. The topological polar surface area (TPSA) is 83.6 Å². The number of halogens is 1. The van der Waals surface area contributed by atoms with E-state index in [4.69, 9.17) is 17.3 Å². The Bertz CT molecular complexity index is 970.